The van der Waals surface area contributed by atoms with Crippen molar-refractivity contribution in [2.75, 3.05) is 5.75 Å². The standard InChI is InChI=1S/C13H13N3OS/c17-12-8-18-13(15-12)16-14-7-9-2-1-3-11(6-9)10-4-5-10/h1-3,6-7,10H,4-5,8H2,(H,15,16,17). The second kappa shape index (κ2) is 4.94. The second-order valence-corrected chi connectivity index (χ2v) is 5.40. The molecule has 0 radical (unpaired) electrons. The lowest BCUT2D eigenvalue weighted by molar-refractivity contribution is -0.116. The summed E-state index contributed by atoms with van der Waals surface area (Å²) in [7, 11) is 0. The third kappa shape index (κ3) is 2.79. The summed E-state index contributed by atoms with van der Waals surface area (Å²) in [4.78, 5) is 10.9. The SMILES string of the molecule is O=C1CSC(=NN=Cc2cccc(C3CC3)c2)N1. The molecule has 0 unspecified atom stereocenters. The van der Waals surface area contributed by atoms with Crippen LogP contribution in [0.25, 0.3) is 0 Å². The van der Waals surface area contributed by atoms with Crippen LogP contribution >= 0.6 is 11.8 Å². The lowest BCUT2D eigenvalue weighted by Crippen LogP contribution is -2.19. The molecule has 1 amide bonds. The molecule has 1 saturated heterocycles. The minimum Gasteiger partial charge on any atom is -0.303 e. The smallest absolute Gasteiger partial charge is 0.236 e. The largest absolute Gasteiger partial charge is 0.303 e. The van der Waals surface area contributed by atoms with Gasteiger partial charge in [-0.1, -0.05) is 30.0 Å². The van der Waals surface area contributed by atoms with Crippen molar-refractivity contribution in [1.82, 2.24) is 5.32 Å². The van der Waals surface area contributed by atoms with Crippen molar-refractivity contribution in [3.63, 3.8) is 0 Å². The van der Waals surface area contributed by atoms with E-state index in [1.807, 2.05) is 12.1 Å². The number of carbonyl (C=O) groups is 1. The molecular weight excluding hydrogens is 246 g/mol. The van der Waals surface area contributed by atoms with Crippen LogP contribution in [0.5, 0.6) is 0 Å². The quantitative estimate of drug-likeness (QED) is 0.667. The molecule has 5 heteroatoms. The van der Waals surface area contributed by atoms with Crippen molar-refractivity contribution in [2.45, 2.75) is 18.8 Å². The van der Waals surface area contributed by atoms with Gasteiger partial charge in [-0.25, -0.2) is 0 Å². The van der Waals surface area contributed by atoms with E-state index < -0.39 is 0 Å². The molecule has 2 aliphatic rings. The van der Waals surface area contributed by atoms with Gasteiger partial charge >= 0.3 is 0 Å². The van der Waals surface area contributed by atoms with Gasteiger partial charge in [0, 0.05) is 0 Å². The van der Waals surface area contributed by atoms with Gasteiger partial charge in [-0.2, -0.15) is 5.10 Å². The normalized spacial score (nSPS) is 21.8. The molecule has 2 fully saturated rings. The highest BCUT2D eigenvalue weighted by Crippen LogP contribution is 2.39. The van der Waals surface area contributed by atoms with Gasteiger partial charge in [-0.05, 0) is 36.0 Å². The molecule has 18 heavy (non-hydrogen) atoms. The highest BCUT2D eigenvalue weighted by atomic mass is 32.2. The molecule has 1 N–H and O–H groups in total. The highest BCUT2D eigenvalue weighted by Gasteiger charge is 2.23. The summed E-state index contributed by atoms with van der Waals surface area (Å²) in [5, 5.41) is 11.2. The first-order valence-electron chi connectivity index (χ1n) is 5.95. The summed E-state index contributed by atoms with van der Waals surface area (Å²) < 4.78 is 0. The number of amides is 1. The molecule has 3 rings (SSSR count). The van der Waals surface area contributed by atoms with Gasteiger partial charge in [-0.15, -0.1) is 5.10 Å². The minimum atomic E-state index is -0.00955. The number of rotatable bonds is 3. The van der Waals surface area contributed by atoms with Gasteiger partial charge in [0.25, 0.3) is 0 Å². The zero-order chi connectivity index (χ0) is 12.4. The predicted octanol–water partition coefficient (Wildman–Crippen LogP) is 2.12. The molecule has 1 saturated carbocycles. The summed E-state index contributed by atoms with van der Waals surface area (Å²) in [6, 6.07) is 8.37. The van der Waals surface area contributed by atoms with Gasteiger partial charge in [0.15, 0.2) is 5.17 Å². The molecule has 1 aliphatic carbocycles. The number of nitrogens with zero attached hydrogens (tertiary/aromatic N) is 2. The first kappa shape index (κ1) is 11.5. The second-order valence-electron chi connectivity index (χ2n) is 4.43. The molecule has 92 valence electrons. The Morgan fingerprint density at radius 3 is 3.00 bits per heavy atom. The van der Waals surface area contributed by atoms with Crippen molar-refractivity contribution in [3.05, 3.63) is 35.4 Å². The fourth-order valence-corrected chi connectivity index (χ4v) is 2.47. The number of carbonyl (C=O) groups excluding carboxylic acids is 1. The summed E-state index contributed by atoms with van der Waals surface area (Å²) in [5.41, 5.74) is 2.44. The fourth-order valence-electron chi connectivity index (χ4n) is 1.84. The Kier molecular flexibility index (Phi) is 3.15. The van der Waals surface area contributed by atoms with E-state index in [9.17, 15) is 4.79 Å². The molecule has 1 heterocycles. The molecule has 4 nitrogen and oxygen atoms in total. The van der Waals surface area contributed by atoms with E-state index in [1.165, 1.54) is 30.2 Å². The van der Waals surface area contributed by atoms with Crippen molar-refractivity contribution in [3.8, 4) is 0 Å². The van der Waals surface area contributed by atoms with Gasteiger partial charge in [-0.3, -0.25) is 4.79 Å². The van der Waals surface area contributed by atoms with Gasteiger partial charge in [0.2, 0.25) is 5.91 Å². The first-order valence-corrected chi connectivity index (χ1v) is 6.93. The number of amidine groups is 1. The average Bonchev–Trinajstić information content (AvgIpc) is 3.14. The average molecular weight is 259 g/mol. The van der Waals surface area contributed by atoms with Crippen molar-refractivity contribution in [2.24, 2.45) is 10.2 Å². The molecule has 0 aromatic heterocycles. The summed E-state index contributed by atoms with van der Waals surface area (Å²) in [6.45, 7) is 0. The van der Waals surface area contributed by atoms with Gasteiger partial charge < -0.3 is 5.32 Å². The van der Waals surface area contributed by atoms with Crippen LogP contribution in [-0.2, 0) is 4.79 Å². The van der Waals surface area contributed by atoms with Crippen molar-refractivity contribution in [1.29, 1.82) is 0 Å². The van der Waals surface area contributed by atoms with Crippen LogP contribution in [0.4, 0.5) is 0 Å². The maximum absolute atomic E-state index is 10.9. The predicted molar refractivity (Wildman–Crippen MR) is 74.0 cm³/mol. The van der Waals surface area contributed by atoms with Crippen LogP contribution in [0.3, 0.4) is 0 Å². The first-order chi connectivity index (χ1) is 8.81. The zero-order valence-corrected chi connectivity index (χ0v) is 10.6. The Bertz CT molecular complexity index is 535. The Morgan fingerprint density at radius 1 is 1.39 bits per heavy atom. The van der Waals surface area contributed by atoms with E-state index in [4.69, 9.17) is 0 Å². The number of benzene rings is 1. The molecule has 1 aliphatic heterocycles. The zero-order valence-electron chi connectivity index (χ0n) is 9.80. The molecule has 0 atom stereocenters. The molecule has 1 aromatic carbocycles. The Labute approximate surface area is 110 Å². The van der Waals surface area contributed by atoms with E-state index in [0.29, 0.717) is 10.9 Å². The van der Waals surface area contributed by atoms with E-state index in [2.05, 4.69) is 27.7 Å². The van der Waals surface area contributed by atoms with Crippen LogP contribution in [0.2, 0.25) is 0 Å². The Hall–Kier alpha value is -1.62. The van der Waals surface area contributed by atoms with Crippen LogP contribution in [0.1, 0.15) is 29.9 Å². The third-order valence-electron chi connectivity index (χ3n) is 2.90. The van der Waals surface area contributed by atoms with E-state index in [0.717, 1.165) is 11.5 Å². The van der Waals surface area contributed by atoms with Crippen LogP contribution in [-0.4, -0.2) is 23.0 Å². The lowest BCUT2D eigenvalue weighted by atomic mass is 10.1. The maximum atomic E-state index is 10.9. The summed E-state index contributed by atoms with van der Waals surface area (Å²) >= 11 is 1.38. The third-order valence-corrected chi connectivity index (χ3v) is 3.76. The maximum Gasteiger partial charge on any atom is 0.236 e. The number of thioether (sulfide) groups is 1. The molecular formula is C13H13N3OS. The molecule has 0 spiro atoms. The van der Waals surface area contributed by atoms with Gasteiger partial charge in [0.05, 0.1) is 12.0 Å². The number of hydrogen-bond donors (Lipinski definition) is 1. The molecule has 1 aromatic rings. The van der Waals surface area contributed by atoms with E-state index in [1.54, 1.807) is 6.21 Å². The lowest BCUT2D eigenvalue weighted by Gasteiger charge is -1.98. The van der Waals surface area contributed by atoms with E-state index >= 15 is 0 Å². The summed E-state index contributed by atoms with van der Waals surface area (Å²) in [5.74, 6) is 1.17. The highest BCUT2D eigenvalue weighted by molar-refractivity contribution is 8.15. The molecule has 0 bridgehead atoms. The number of hydrogen-bond acceptors (Lipinski definition) is 4. The van der Waals surface area contributed by atoms with Crippen LogP contribution in [0.15, 0.2) is 34.5 Å². The monoisotopic (exact) mass is 259 g/mol. The Balaban J connectivity index is 1.68. The minimum absolute atomic E-state index is 0.00955. The van der Waals surface area contributed by atoms with E-state index in [-0.39, 0.29) is 5.91 Å². The van der Waals surface area contributed by atoms with Gasteiger partial charge in [0.1, 0.15) is 0 Å². The van der Waals surface area contributed by atoms with Crippen molar-refractivity contribution < 1.29 is 4.79 Å². The summed E-state index contributed by atoms with van der Waals surface area (Å²) in [6.07, 6.45) is 4.32. The topological polar surface area (TPSA) is 53.8 Å². The fraction of sp³-hybridized carbons (Fsp3) is 0.308. The Morgan fingerprint density at radius 2 is 2.28 bits per heavy atom. The number of nitrogens with one attached hydrogen (secondary N) is 1. The van der Waals surface area contributed by atoms with Crippen molar-refractivity contribution >= 4 is 29.1 Å². The van der Waals surface area contributed by atoms with Crippen LogP contribution in [0, 0.1) is 0 Å². The van der Waals surface area contributed by atoms with Crippen LogP contribution < -0.4 is 5.32 Å².